The molecular formula is C22H26Cl2N2O3. The monoisotopic (exact) mass is 436 g/mol. The molecule has 0 saturated carbocycles. The number of halogens is 2. The minimum atomic E-state index is -0.298. The Bertz CT molecular complexity index is 836. The number of carbonyl (C=O) groups excluding carboxylic acids is 2. The second-order valence-corrected chi connectivity index (χ2v) is 7.40. The van der Waals surface area contributed by atoms with Gasteiger partial charge < -0.3 is 9.64 Å². The first-order chi connectivity index (χ1) is 13.6. The number of hydrogen-bond acceptors (Lipinski definition) is 4. The maximum absolute atomic E-state index is 13.1. The quantitative estimate of drug-likeness (QED) is 0.598. The summed E-state index contributed by atoms with van der Waals surface area (Å²) in [6.07, 6.45) is 4.19. The van der Waals surface area contributed by atoms with Gasteiger partial charge in [-0.05, 0) is 61.9 Å². The van der Waals surface area contributed by atoms with E-state index in [-0.39, 0.29) is 30.2 Å². The molecule has 1 saturated heterocycles. The van der Waals surface area contributed by atoms with Gasteiger partial charge in [0.15, 0.2) is 5.78 Å². The third-order valence-corrected chi connectivity index (χ3v) is 5.32. The van der Waals surface area contributed by atoms with Gasteiger partial charge in [0.05, 0.1) is 6.61 Å². The molecule has 29 heavy (non-hydrogen) atoms. The number of pyridine rings is 1. The van der Waals surface area contributed by atoms with Crippen LogP contribution in [0.25, 0.3) is 0 Å². The Balaban J connectivity index is 0.00000300. The summed E-state index contributed by atoms with van der Waals surface area (Å²) in [6, 6.07) is 11.6. The molecule has 1 aliphatic rings. The molecule has 3 rings (SSSR count). The smallest absolute Gasteiger partial charge is 0.409 e. The molecule has 156 valence electrons. The Morgan fingerprint density at radius 1 is 1.17 bits per heavy atom. The SMILES string of the molecule is CCOC(=O)N1CCC(C(=O)c2ncccc2CCc2cccc(Cl)c2)CC1.Cl. The molecule has 1 fully saturated rings. The van der Waals surface area contributed by atoms with Crippen molar-refractivity contribution in [3.63, 3.8) is 0 Å². The molecule has 0 bridgehead atoms. The van der Waals surface area contributed by atoms with Crippen molar-refractivity contribution in [2.45, 2.75) is 32.6 Å². The van der Waals surface area contributed by atoms with Gasteiger partial charge >= 0.3 is 6.09 Å². The van der Waals surface area contributed by atoms with Gasteiger partial charge in [0.2, 0.25) is 0 Å². The number of ether oxygens (including phenoxy) is 1. The number of aryl methyl sites for hydroxylation is 2. The molecule has 0 aliphatic carbocycles. The van der Waals surface area contributed by atoms with Gasteiger partial charge in [-0.25, -0.2) is 4.79 Å². The highest BCUT2D eigenvalue weighted by Gasteiger charge is 2.30. The summed E-state index contributed by atoms with van der Waals surface area (Å²) in [4.78, 5) is 31.0. The second kappa shape index (κ2) is 11.2. The third-order valence-electron chi connectivity index (χ3n) is 5.09. The van der Waals surface area contributed by atoms with Crippen LogP contribution in [0, 0.1) is 5.92 Å². The fraction of sp³-hybridized carbons (Fsp3) is 0.409. The van der Waals surface area contributed by atoms with E-state index in [1.165, 1.54) is 0 Å². The number of piperidine rings is 1. The molecule has 0 spiro atoms. The number of hydrogen-bond donors (Lipinski definition) is 0. The molecule has 1 amide bonds. The first kappa shape index (κ1) is 23.2. The Hall–Kier alpha value is -2.11. The number of Topliss-reactive ketones (excluding diaryl/α,β-unsaturated/α-hetero) is 1. The van der Waals surface area contributed by atoms with Gasteiger partial charge in [0.25, 0.3) is 0 Å². The molecule has 0 atom stereocenters. The number of amides is 1. The normalized spacial score (nSPS) is 14.2. The van der Waals surface area contributed by atoms with Crippen LogP contribution >= 0.6 is 24.0 Å². The van der Waals surface area contributed by atoms with Crippen molar-refractivity contribution in [3.05, 3.63) is 64.4 Å². The second-order valence-electron chi connectivity index (χ2n) is 6.97. The lowest BCUT2D eigenvalue weighted by molar-refractivity contribution is 0.0749. The zero-order valence-electron chi connectivity index (χ0n) is 16.5. The van der Waals surface area contributed by atoms with E-state index in [2.05, 4.69) is 4.98 Å². The molecule has 0 unspecified atom stereocenters. The van der Waals surface area contributed by atoms with E-state index < -0.39 is 0 Å². The van der Waals surface area contributed by atoms with Gasteiger partial charge in [0, 0.05) is 30.2 Å². The summed E-state index contributed by atoms with van der Waals surface area (Å²) in [6.45, 7) is 3.24. The van der Waals surface area contributed by atoms with Crippen LogP contribution in [-0.4, -0.2) is 41.5 Å². The zero-order chi connectivity index (χ0) is 19.9. The molecular weight excluding hydrogens is 411 g/mol. The van der Waals surface area contributed by atoms with Crippen molar-refractivity contribution in [2.24, 2.45) is 5.92 Å². The van der Waals surface area contributed by atoms with Crippen molar-refractivity contribution in [2.75, 3.05) is 19.7 Å². The predicted molar refractivity (Wildman–Crippen MR) is 116 cm³/mol. The molecule has 7 heteroatoms. The van der Waals surface area contributed by atoms with E-state index in [9.17, 15) is 9.59 Å². The van der Waals surface area contributed by atoms with Crippen LogP contribution in [0.5, 0.6) is 0 Å². The van der Waals surface area contributed by atoms with Crippen LogP contribution in [0.4, 0.5) is 4.79 Å². The molecule has 1 aliphatic heterocycles. The van der Waals surface area contributed by atoms with Crippen molar-refractivity contribution >= 4 is 35.9 Å². The Labute approximate surface area is 182 Å². The average Bonchev–Trinajstić information content (AvgIpc) is 2.72. The topological polar surface area (TPSA) is 59.5 Å². The van der Waals surface area contributed by atoms with Gasteiger partial charge in [-0.15, -0.1) is 12.4 Å². The molecule has 2 aromatic rings. The maximum atomic E-state index is 13.1. The summed E-state index contributed by atoms with van der Waals surface area (Å²) < 4.78 is 5.04. The van der Waals surface area contributed by atoms with E-state index in [1.807, 2.05) is 36.4 Å². The minimum Gasteiger partial charge on any atom is -0.450 e. The van der Waals surface area contributed by atoms with Crippen LogP contribution in [-0.2, 0) is 17.6 Å². The molecule has 5 nitrogen and oxygen atoms in total. The summed E-state index contributed by atoms with van der Waals surface area (Å²) in [5.41, 5.74) is 2.65. The number of likely N-dealkylation sites (tertiary alicyclic amines) is 1. The van der Waals surface area contributed by atoms with Crippen LogP contribution in [0.15, 0.2) is 42.6 Å². The van der Waals surface area contributed by atoms with Crippen molar-refractivity contribution < 1.29 is 14.3 Å². The molecule has 1 aromatic carbocycles. The first-order valence-corrected chi connectivity index (χ1v) is 10.1. The number of aromatic nitrogens is 1. The van der Waals surface area contributed by atoms with Crippen LogP contribution in [0.3, 0.4) is 0 Å². The number of ketones is 1. The van der Waals surface area contributed by atoms with Crippen molar-refractivity contribution in [1.82, 2.24) is 9.88 Å². The Kier molecular flexibility index (Phi) is 8.93. The minimum absolute atomic E-state index is 0. The van der Waals surface area contributed by atoms with E-state index in [0.717, 1.165) is 24.0 Å². The Morgan fingerprint density at radius 3 is 2.62 bits per heavy atom. The summed E-state index contributed by atoms with van der Waals surface area (Å²) in [5, 5.41) is 0.716. The lowest BCUT2D eigenvalue weighted by atomic mass is 9.88. The van der Waals surface area contributed by atoms with Crippen molar-refractivity contribution in [1.29, 1.82) is 0 Å². The van der Waals surface area contributed by atoms with Crippen LogP contribution < -0.4 is 0 Å². The highest BCUT2D eigenvalue weighted by atomic mass is 35.5. The standard InChI is InChI=1S/C22H25ClN2O3.ClH/c1-2-28-22(27)25-13-10-18(11-14-25)21(26)20-17(6-4-12-24-20)9-8-16-5-3-7-19(23)15-16;/h3-7,12,15,18H,2,8-11,13-14H2,1H3;1H. The first-order valence-electron chi connectivity index (χ1n) is 9.72. The molecule has 2 heterocycles. The summed E-state index contributed by atoms with van der Waals surface area (Å²) in [5.74, 6) is -0.0318. The fourth-order valence-electron chi connectivity index (χ4n) is 3.57. The lowest BCUT2D eigenvalue weighted by Gasteiger charge is -2.30. The number of nitrogens with zero attached hydrogens (tertiary/aromatic N) is 2. The lowest BCUT2D eigenvalue weighted by Crippen LogP contribution is -2.40. The van der Waals surface area contributed by atoms with E-state index in [1.54, 1.807) is 18.0 Å². The van der Waals surface area contributed by atoms with Crippen LogP contribution in [0.2, 0.25) is 5.02 Å². The Morgan fingerprint density at radius 2 is 1.93 bits per heavy atom. The number of rotatable bonds is 6. The van der Waals surface area contributed by atoms with Gasteiger partial charge in [-0.2, -0.15) is 0 Å². The summed E-state index contributed by atoms with van der Waals surface area (Å²) >= 11 is 6.06. The van der Waals surface area contributed by atoms with Gasteiger partial charge in [-0.3, -0.25) is 9.78 Å². The third kappa shape index (κ3) is 6.18. The van der Waals surface area contributed by atoms with E-state index in [4.69, 9.17) is 16.3 Å². The maximum Gasteiger partial charge on any atom is 0.409 e. The highest BCUT2D eigenvalue weighted by Crippen LogP contribution is 2.24. The number of benzene rings is 1. The van der Waals surface area contributed by atoms with E-state index >= 15 is 0 Å². The average molecular weight is 437 g/mol. The largest absolute Gasteiger partial charge is 0.450 e. The molecule has 0 N–H and O–H groups in total. The van der Waals surface area contributed by atoms with Crippen LogP contribution in [0.1, 0.15) is 41.4 Å². The number of carbonyl (C=O) groups is 2. The van der Waals surface area contributed by atoms with E-state index in [0.29, 0.717) is 43.3 Å². The molecule has 1 aromatic heterocycles. The summed E-state index contributed by atoms with van der Waals surface area (Å²) in [7, 11) is 0. The van der Waals surface area contributed by atoms with Gasteiger partial charge in [0.1, 0.15) is 5.69 Å². The highest BCUT2D eigenvalue weighted by molar-refractivity contribution is 6.30. The fourth-order valence-corrected chi connectivity index (χ4v) is 3.78. The zero-order valence-corrected chi connectivity index (χ0v) is 18.0. The van der Waals surface area contributed by atoms with Gasteiger partial charge in [-0.1, -0.05) is 29.8 Å². The van der Waals surface area contributed by atoms with Crippen molar-refractivity contribution in [3.8, 4) is 0 Å². The predicted octanol–water partition coefficient (Wildman–Crippen LogP) is 4.99. The molecule has 0 radical (unpaired) electrons.